The SMILES string of the molecule is Cc1c(OCC(C)N=O)ccc([C@H]2CCC[C@H]3CN(C(=O)c4ccc(C(F)(F)F)nc4)CCN32)c1C. The van der Waals surface area contributed by atoms with E-state index in [9.17, 15) is 22.9 Å². The van der Waals surface area contributed by atoms with Crippen molar-refractivity contribution in [2.75, 3.05) is 26.2 Å². The minimum Gasteiger partial charge on any atom is -0.491 e. The van der Waals surface area contributed by atoms with Crippen LogP contribution in [0.3, 0.4) is 0 Å². The molecule has 10 heteroatoms. The van der Waals surface area contributed by atoms with Gasteiger partial charge in [-0.15, -0.1) is 0 Å². The van der Waals surface area contributed by atoms with E-state index in [1.54, 1.807) is 11.8 Å². The number of piperazine rings is 1. The lowest BCUT2D eigenvalue weighted by Gasteiger charge is -2.48. The van der Waals surface area contributed by atoms with Crippen molar-refractivity contribution < 1.29 is 22.7 Å². The second-order valence-electron chi connectivity index (χ2n) is 9.69. The highest BCUT2D eigenvalue weighted by Crippen LogP contribution is 2.39. The molecule has 194 valence electrons. The van der Waals surface area contributed by atoms with Crippen molar-refractivity contribution in [3.05, 3.63) is 63.3 Å². The Morgan fingerprint density at radius 3 is 2.61 bits per heavy atom. The average molecular weight is 505 g/mol. The summed E-state index contributed by atoms with van der Waals surface area (Å²) in [5.41, 5.74) is 2.59. The first-order valence-corrected chi connectivity index (χ1v) is 12.2. The summed E-state index contributed by atoms with van der Waals surface area (Å²) >= 11 is 0. The standard InChI is InChI=1S/C26H31F3N4O3/c1-16(31-35)15-36-23-9-8-21(17(2)18(23)3)22-6-4-5-20-14-32(11-12-33(20)22)25(34)19-7-10-24(30-13-19)26(27,28)29/h7-10,13,16,20,22H,4-6,11-12,14-15H2,1-3H3/t16?,20-,22+/m0/s1. The second-order valence-corrected chi connectivity index (χ2v) is 9.69. The number of hydrogen-bond acceptors (Lipinski definition) is 6. The van der Waals surface area contributed by atoms with E-state index in [1.807, 2.05) is 13.0 Å². The van der Waals surface area contributed by atoms with Crippen molar-refractivity contribution in [1.29, 1.82) is 0 Å². The number of ether oxygens (including phenoxy) is 1. The maximum atomic E-state index is 13.0. The number of alkyl halides is 3. The number of aromatic nitrogens is 1. The van der Waals surface area contributed by atoms with Gasteiger partial charge in [0.25, 0.3) is 5.91 Å². The summed E-state index contributed by atoms with van der Waals surface area (Å²) in [6, 6.07) is 6.09. The maximum Gasteiger partial charge on any atom is 0.433 e. The Hall–Kier alpha value is -3.01. The minimum absolute atomic E-state index is 0.171. The summed E-state index contributed by atoms with van der Waals surface area (Å²) < 4.78 is 44.2. The summed E-state index contributed by atoms with van der Waals surface area (Å²) in [6.07, 6.45) is -0.519. The van der Waals surface area contributed by atoms with E-state index < -0.39 is 17.9 Å². The molecule has 1 aromatic heterocycles. The van der Waals surface area contributed by atoms with Crippen molar-refractivity contribution >= 4 is 5.91 Å². The van der Waals surface area contributed by atoms with Gasteiger partial charge in [-0.25, -0.2) is 0 Å². The van der Waals surface area contributed by atoms with E-state index in [-0.39, 0.29) is 30.2 Å². The van der Waals surface area contributed by atoms with Gasteiger partial charge in [0, 0.05) is 37.9 Å². The van der Waals surface area contributed by atoms with Crippen molar-refractivity contribution in [3.63, 3.8) is 0 Å². The molecule has 1 aromatic carbocycles. The number of carbonyl (C=O) groups excluding carboxylic acids is 1. The molecular weight excluding hydrogens is 473 g/mol. The van der Waals surface area contributed by atoms with Crippen LogP contribution in [0.2, 0.25) is 0 Å². The van der Waals surface area contributed by atoms with Crippen molar-refractivity contribution in [1.82, 2.24) is 14.8 Å². The summed E-state index contributed by atoms with van der Waals surface area (Å²) in [5, 5.41) is 2.98. The van der Waals surface area contributed by atoms with E-state index in [0.29, 0.717) is 19.6 Å². The van der Waals surface area contributed by atoms with Gasteiger partial charge in [0.15, 0.2) is 0 Å². The van der Waals surface area contributed by atoms with Gasteiger partial charge in [-0.05, 0) is 74.9 Å². The zero-order valence-corrected chi connectivity index (χ0v) is 20.7. The molecule has 0 saturated carbocycles. The minimum atomic E-state index is -4.53. The largest absolute Gasteiger partial charge is 0.491 e. The zero-order valence-electron chi connectivity index (χ0n) is 20.7. The van der Waals surface area contributed by atoms with Crippen molar-refractivity contribution in [2.45, 2.75) is 64.3 Å². The van der Waals surface area contributed by atoms with Crippen LogP contribution in [0, 0.1) is 18.8 Å². The number of amides is 1. The third kappa shape index (κ3) is 5.38. The third-order valence-corrected chi connectivity index (χ3v) is 7.33. The first kappa shape index (κ1) is 26.1. The molecule has 0 radical (unpaired) electrons. The topological polar surface area (TPSA) is 75.1 Å². The van der Waals surface area contributed by atoms with Crippen molar-refractivity contribution in [3.8, 4) is 5.75 Å². The van der Waals surface area contributed by atoms with Crippen LogP contribution in [-0.2, 0) is 6.18 Å². The van der Waals surface area contributed by atoms with E-state index >= 15 is 0 Å². The van der Waals surface area contributed by atoms with Gasteiger partial charge in [0.1, 0.15) is 24.1 Å². The van der Waals surface area contributed by atoms with Crippen LogP contribution in [-0.4, -0.2) is 59.0 Å². The van der Waals surface area contributed by atoms with Gasteiger partial charge in [0.2, 0.25) is 0 Å². The van der Waals surface area contributed by atoms with Crippen LogP contribution in [0.4, 0.5) is 13.2 Å². The Labute approximate surface area is 208 Å². The number of rotatable bonds is 6. The lowest BCUT2D eigenvalue weighted by Crippen LogP contribution is -2.57. The lowest BCUT2D eigenvalue weighted by atomic mass is 9.86. The highest BCUT2D eigenvalue weighted by Gasteiger charge is 2.38. The molecule has 0 spiro atoms. The van der Waals surface area contributed by atoms with Gasteiger partial charge in [-0.1, -0.05) is 11.2 Å². The molecule has 4 rings (SSSR count). The number of nitrogens with zero attached hydrogens (tertiary/aromatic N) is 4. The van der Waals surface area contributed by atoms with Crippen LogP contribution >= 0.6 is 0 Å². The molecule has 0 aliphatic carbocycles. The second kappa shape index (κ2) is 10.5. The van der Waals surface area contributed by atoms with Crippen LogP contribution in [0.25, 0.3) is 0 Å². The molecule has 1 unspecified atom stereocenters. The predicted octanol–water partition coefficient (Wildman–Crippen LogP) is 5.30. The summed E-state index contributed by atoms with van der Waals surface area (Å²) in [4.78, 5) is 31.3. The number of benzene rings is 1. The molecule has 0 bridgehead atoms. The van der Waals surface area contributed by atoms with Crippen LogP contribution in [0.1, 0.15) is 65.0 Å². The summed E-state index contributed by atoms with van der Waals surface area (Å²) in [5.74, 6) is 0.463. The number of fused-ring (bicyclic) bond motifs is 1. The Morgan fingerprint density at radius 2 is 1.94 bits per heavy atom. The Kier molecular flexibility index (Phi) is 7.63. The summed E-state index contributed by atoms with van der Waals surface area (Å²) in [7, 11) is 0. The first-order valence-electron chi connectivity index (χ1n) is 12.2. The molecule has 1 amide bonds. The molecule has 2 aromatic rings. The Morgan fingerprint density at radius 1 is 1.17 bits per heavy atom. The average Bonchev–Trinajstić information content (AvgIpc) is 2.88. The number of pyridine rings is 1. The number of halogens is 3. The third-order valence-electron chi connectivity index (χ3n) is 7.33. The highest BCUT2D eigenvalue weighted by atomic mass is 19.4. The normalized spacial score (nSPS) is 21.6. The van der Waals surface area contributed by atoms with E-state index in [4.69, 9.17) is 4.74 Å². The first-order chi connectivity index (χ1) is 17.1. The molecule has 36 heavy (non-hydrogen) atoms. The Bertz CT molecular complexity index is 1110. The van der Waals surface area contributed by atoms with Gasteiger partial charge in [0.05, 0.1) is 5.56 Å². The summed E-state index contributed by atoms with van der Waals surface area (Å²) in [6.45, 7) is 7.77. The van der Waals surface area contributed by atoms with E-state index in [1.165, 1.54) is 11.6 Å². The molecule has 2 fully saturated rings. The van der Waals surface area contributed by atoms with Crippen LogP contribution in [0.15, 0.2) is 35.6 Å². The van der Waals surface area contributed by atoms with Gasteiger partial charge < -0.3 is 9.64 Å². The van der Waals surface area contributed by atoms with Crippen LogP contribution in [0.5, 0.6) is 5.75 Å². The molecular formula is C26H31F3N4O3. The number of carbonyl (C=O) groups is 1. The molecule has 2 aliphatic rings. The van der Waals surface area contributed by atoms with E-state index in [0.717, 1.165) is 48.4 Å². The van der Waals surface area contributed by atoms with Crippen molar-refractivity contribution in [2.24, 2.45) is 5.18 Å². The lowest BCUT2D eigenvalue weighted by molar-refractivity contribution is -0.141. The number of hydrogen-bond donors (Lipinski definition) is 0. The molecule has 7 nitrogen and oxygen atoms in total. The molecule has 2 saturated heterocycles. The molecule has 3 atom stereocenters. The molecule has 2 aliphatic heterocycles. The zero-order chi connectivity index (χ0) is 26.0. The fraction of sp³-hybridized carbons (Fsp3) is 0.538. The Balaban J connectivity index is 1.46. The quantitative estimate of drug-likeness (QED) is 0.499. The van der Waals surface area contributed by atoms with E-state index in [2.05, 4.69) is 28.1 Å². The maximum absolute atomic E-state index is 13.0. The monoisotopic (exact) mass is 504 g/mol. The van der Waals surface area contributed by atoms with Gasteiger partial charge >= 0.3 is 6.18 Å². The molecule has 0 N–H and O–H groups in total. The fourth-order valence-corrected chi connectivity index (χ4v) is 5.21. The number of piperidine rings is 1. The smallest absolute Gasteiger partial charge is 0.433 e. The van der Waals surface area contributed by atoms with Crippen LogP contribution < -0.4 is 4.74 Å². The fourth-order valence-electron chi connectivity index (χ4n) is 5.21. The van der Waals surface area contributed by atoms with Gasteiger partial charge in [-0.2, -0.15) is 18.1 Å². The highest BCUT2D eigenvalue weighted by molar-refractivity contribution is 5.94. The number of nitroso groups, excluding NO2 is 1. The predicted molar refractivity (Wildman–Crippen MR) is 129 cm³/mol. The molecule has 3 heterocycles. The van der Waals surface area contributed by atoms with Gasteiger partial charge in [-0.3, -0.25) is 14.7 Å².